The van der Waals surface area contributed by atoms with E-state index in [0.717, 1.165) is 26.7 Å². The molecule has 0 bridgehead atoms. The molecule has 0 spiro atoms. The first-order valence-electron chi connectivity index (χ1n) is 21.0. The third kappa shape index (κ3) is 7.21. The highest BCUT2D eigenvalue weighted by Gasteiger charge is 2.74. The topological polar surface area (TPSA) is 86.3 Å². The van der Waals surface area contributed by atoms with E-state index in [-0.39, 0.29) is 5.75 Å². The van der Waals surface area contributed by atoms with Crippen LogP contribution in [0.1, 0.15) is 36.1 Å². The maximum absolute atomic E-state index is 15.1. The van der Waals surface area contributed by atoms with Gasteiger partial charge in [-0.15, -0.1) is 0 Å². The lowest BCUT2D eigenvalue weighted by atomic mass is 9.72. The van der Waals surface area contributed by atoms with Crippen molar-refractivity contribution in [1.82, 2.24) is 0 Å². The first-order chi connectivity index (χ1) is 30.7. The van der Waals surface area contributed by atoms with Gasteiger partial charge in [-0.05, 0) is 71.5 Å². The molecule has 0 aromatic heterocycles. The van der Waals surface area contributed by atoms with E-state index < -0.39 is 50.9 Å². The lowest BCUT2D eigenvalue weighted by molar-refractivity contribution is -0.373. The molecule has 3 atom stereocenters. The van der Waals surface area contributed by atoms with E-state index in [2.05, 4.69) is 36.4 Å². The molecule has 7 nitrogen and oxygen atoms in total. The Morgan fingerprint density at radius 2 is 0.857 bits per heavy atom. The molecule has 0 aliphatic carbocycles. The molecule has 0 saturated carbocycles. The number of hydrogen-bond acceptors (Lipinski definition) is 7. The van der Waals surface area contributed by atoms with Gasteiger partial charge < -0.3 is 19.1 Å². The van der Waals surface area contributed by atoms with E-state index in [1.54, 1.807) is 0 Å². The van der Waals surface area contributed by atoms with Gasteiger partial charge in [0.25, 0.3) is 0 Å². The van der Waals surface area contributed by atoms with E-state index in [1.807, 2.05) is 196 Å². The Morgan fingerprint density at radius 1 is 0.492 bits per heavy atom. The Bertz CT molecular complexity index is 2630. The minimum atomic E-state index is -3.82. The second kappa shape index (κ2) is 16.7. The summed E-state index contributed by atoms with van der Waals surface area (Å²) in [5, 5.41) is 4.77. The molecule has 2 aliphatic heterocycles. The molecule has 9 heteroatoms. The summed E-state index contributed by atoms with van der Waals surface area (Å²) in [6, 6.07) is 70.7. The average Bonchev–Trinajstić information content (AvgIpc) is 3.62. The molecular formula is C54H44O7P2. The summed E-state index contributed by atoms with van der Waals surface area (Å²) in [5.41, 5.74) is -3.82. The standard InChI is InChI=1S/C54H44O7P2/c1-51(2)58-49-50(59-51)53(42-28-13-5-14-29-42,43-30-15-6-16-31-43)61-54(63(55)56,60-52(49,40-24-9-3-10-25-40)41-26-11-4-12-27-41)57-47-38-37-39-23-21-22-36-46(39)48(47)62(44-32-17-7-18-33-44)45-34-19-8-20-35-45/h3-38,49-50H,1-2H3/t49-,50-/m1/s1. The molecule has 2 heterocycles. The largest absolute Gasteiger partial charge is 0.588 e. The lowest BCUT2D eigenvalue weighted by Gasteiger charge is -2.41. The molecule has 0 radical (unpaired) electrons. The molecule has 8 aromatic rings. The molecular weight excluding hydrogens is 823 g/mol. The first kappa shape index (κ1) is 41.2. The molecule has 2 fully saturated rings. The van der Waals surface area contributed by atoms with Crippen molar-refractivity contribution in [2.45, 2.75) is 48.8 Å². The van der Waals surface area contributed by atoms with Gasteiger partial charge in [-0.2, -0.15) is 0 Å². The van der Waals surface area contributed by atoms with E-state index >= 15 is 9.46 Å². The highest BCUT2D eigenvalue weighted by Crippen LogP contribution is 2.61. The lowest BCUT2D eigenvalue weighted by Crippen LogP contribution is -2.53. The Hall–Kier alpha value is -5.85. The van der Waals surface area contributed by atoms with Crippen LogP contribution >= 0.6 is 15.9 Å². The summed E-state index contributed by atoms with van der Waals surface area (Å²) >= 11 is 0. The average molecular weight is 867 g/mol. The molecule has 1 unspecified atom stereocenters. The third-order valence-corrected chi connectivity index (χ3v) is 15.1. The van der Waals surface area contributed by atoms with Crippen LogP contribution in [0.25, 0.3) is 10.8 Å². The minimum absolute atomic E-state index is 0.283. The van der Waals surface area contributed by atoms with E-state index in [0.29, 0.717) is 22.3 Å². The SMILES string of the molecule is CC1(C)O[C@@H]2[C@@H](O1)C(c1ccccc1)(c1ccccc1)OC(Oc1ccc3ccccc3c1P(c1ccccc1)c1ccccc1)([P+](=O)[O-])OC2(c1ccccc1)c1ccccc1. The van der Waals surface area contributed by atoms with Crippen molar-refractivity contribution in [3.63, 3.8) is 0 Å². The van der Waals surface area contributed by atoms with Crippen LogP contribution in [0, 0.1) is 0 Å². The Balaban J connectivity index is 1.32. The van der Waals surface area contributed by atoms with Crippen molar-refractivity contribution >= 4 is 42.6 Å². The number of hydrogen-bond donors (Lipinski definition) is 0. The van der Waals surface area contributed by atoms with Gasteiger partial charge in [0.05, 0.1) is 0 Å². The summed E-state index contributed by atoms with van der Waals surface area (Å²) in [7, 11) is -5.19. The second-order valence-corrected chi connectivity index (χ2v) is 19.4. The fourth-order valence-electron chi connectivity index (χ4n) is 9.27. The summed E-state index contributed by atoms with van der Waals surface area (Å²) in [6.45, 7) is 3.72. The Morgan fingerprint density at radius 3 is 1.25 bits per heavy atom. The molecule has 2 aliphatic rings. The van der Waals surface area contributed by atoms with Crippen molar-refractivity contribution < 1.29 is 33.1 Å². The quantitative estimate of drug-likeness (QED) is 0.127. The van der Waals surface area contributed by atoms with Gasteiger partial charge >= 0.3 is 13.7 Å². The molecule has 8 aromatic carbocycles. The zero-order valence-electron chi connectivity index (χ0n) is 34.7. The first-order valence-corrected chi connectivity index (χ1v) is 23.5. The molecule has 0 amide bonds. The normalized spacial score (nSPS) is 19.8. The number of ether oxygens (including phenoxy) is 5. The van der Waals surface area contributed by atoms with Gasteiger partial charge in [-0.3, -0.25) is 9.47 Å². The van der Waals surface area contributed by atoms with E-state index in [9.17, 15) is 0 Å². The van der Waals surface area contributed by atoms with Gasteiger partial charge in [-0.25, -0.2) is 0 Å². The molecule has 312 valence electrons. The smallest absolute Gasteiger partial charge is 0.542 e. The molecule has 10 rings (SSSR count). The van der Waals surface area contributed by atoms with Crippen LogP contribution in [0.2, 0.25) is 0 Å². The predicted molar refractivity (Wildman–Crippen MR) is 247 cm³/mol. The highest BCUT2D eigenvalue weighted by atomic mass is 31.1. The summed E-state index contributed by atoms with van der Waals surface area (Å²) in [6.07, 6.45) is -2.06. The number of rotatable bonds is 10. The predicted octanol–water partition coefficient (Wildman–Crippen LogP) is 10.1. The minimum Gasteiger partial charge on any atom is -0.588 e. The number of benzene rings is 8. The second-order valence-electron chi connectivity index (χ2n) is 16.1. The van der Waals surface area contributed by atoms with Crippen molar-refractivity contribution in [3.8, 4) is 5.75 Å². The fraction of sp³-hybridized carbons (Fsp3) is 0.148. The summed E-state index contributed by atoms with van der Waals surface area (Å²) < 4.78 is 51.8. The van der Waals surface area contributed by atoms with E-state index in [1.165, 1.54) is 0 Å². The van der Waals surface area contributed by atoms with Gasteiger partial charge in [0.1, 0.15) is 18.0 Å². The van der Waals surface area contributed by atoms with Gasteiger partial charge in [-0.1, -0.05) is 217 Å². The fourth-order valence-corrected chi connectivity index (χ4v) is 12.4. The summed E-state index contributed by atoms with van der Waals surface area (Å²) in [4.78, 5) is 15.1. The molecule has 0 N–H and O–H groups in total. The zero-order valence-corrected chi connectivity index (χ0v) is 36.5. The van der Waals surface area contributed by atoms with Crippen LogP contribution in [0.15, 0.2) is 218 Å². The van der Waals surface area contributed by atoms with Crippen LogP contribution < -0.4 is 25.5 Å². The monoisotopic (exact) mass is 866 g/mol. The molecule has 63 heavy (non-hydrogen) atoms. The Kier molecular flexibility index (Phi) is 10.9. The van der Waals surface area contributed by atoms with E-state index in [4.69, 9.17) is 23.7 Å². The highest BCUT2D eigenvalue weighted by molar-refractivity contribution is 7.80. The third-order valence-electron chi connectivity index (χ3n) is 11.9. The van der Waals surface area contributed by atoms with Crippen molar-refractivity contribution in [2.75, 3.05) is 0 Å². The van der Waals surface area contributed by atoms with Crippen molar-refractivity contribution in [3.05, 3.63) is 241 Å². The van der Waals surface area contributed by atoms with Crippen LogP contribution in [0.3, 0.4) is 0 Å². The van der Waals surface area contributed by atoms with Crippen LogP contribution in [0.4, 0.5) is 0 Å². The van der Waals surface area contributed by atoms with Gasteiger partial charge in [0, 0.05) is 5.30 Å². The van der Waals surface area contributed by atoms with Crippen LogP contribution in [-0.2, 0) is 34.7 Å². The van der Waals surface area contributed by atoms with Gasteiger partial charge in [0.2, 0.25) is 0 Å². The van der Waals surface area contributed by atoms with Crippen molar-refractivity contribution in [2.24, 2.45) is 0 Å². The Labute approximate surface area is 369 Å². The zero-order chi connectivity index (χ0) is 43.1. The van der Waals surface area contributed by atoms with Crippen molar-refractivity contribution in [1.29, 1.82) is 0 Å². The maximum atomic E-state index is 15.1. The number of fused-ring (bicyclic) bond motifs is 2. The maximum Gasteiger partial charge on any atom is 0.542 e. The van der Waals surface area contributed by atoms with Crippen LogP contribution in [-0.4, -0.2) is 23.7 Å². The summed E-state index contributed by atoms with van der Waals surface area (Å²) in [5.74, 6) is -0.898. The van der Waals surface area contributed by atoms with Crippen LogP contribution in [0.5, 0.6) is 5.75 Å². The molecule has 2 saturated heterocycles. The van der Waals surface area contributed by atoms with Gasteiger partial charge in [0.15, 0.2) is 17.0 Å².